The molecule has 0 aliphatic carbocycles. The van der Waals surface area contributed by atoms with E-state index in [-0.39, 0.29) is 5.41 Å². The second-order valence-corrected chi connectivity index (χ2v) is 5.37. The Hall–Kier alpha value is -0.110. The van der Waals surface area contributed by atoms with Gasteiger partial charge in [0.25, 0.3) is 0 Å². The third-order valence-corrected chi connectivity index (χ3v) is 2.70. The van der Waals surface area contributed by atoms with Crippen molar-refractivity contribution >= 4 is 0 Å². The molecule has 1 aliphatic rings. The molecule has 0 radical (unpaired) electrons. The first kappa shape index (κ1) is 11.0. The van der Waals surface area contributed by atoms with Crippen LogP contribution < -0.4 is 5.32 Å². The smallest absolute Gasteiger partial charge is 0.104 e. The molecule has 0 bridgehead atoms. The van der Waals surface area contributed by atoms with Gasteiger partial charge in [-0.25, -0.2) is 4.39 Å². The number of hydrogen-bond acceptors (Lipinski definition) is 1. The van der Waals surface area contributed by atoms with E-state index < -0.39 is 6.17 Å². The highest BCUT2D eigenvalue weighted by atomic mass is 19.1. The molecule has 1 fully saturated rings. The normalized spacial score (nSPS) is 23.1. The maximum absolute atomic E-state index is 13.8. The van der Waals surface area contributed by atoms with E-state index in [2.05, 4.69) is 26.1 Å². The molecule has 1 nitrogen and oxygen atoms in total. The van der Waals surface area contributed by atoms with Gasteiger partial charge in [0.15, 0.2) is 0 Å². The van der Waals surface area contributed by atoms with Crippen LogP contribution in [-0.4, -0.2) is 19.3 Å². The fourth-order valence-electron chi connectivity index (χ4n) is 1.96. The summed E-state index contributed by atoms with van der Waals surface area (Å²) in [7, 11) is 0. The fraction of sp³-hybridized carbons (Fsp3) is 1.00. The molecule has 13 heavy (non-hydrogen) atoms. The van der Waals surface area contributed by atoms with Crippen LogP contribution in [0.2, 0.25) is 0 Å². The van der Waals surface area contributed by atoms with Crippen LogP contribution in [0.5, 0.6) is 0 Å². The largest absolute Gasteiger partial charge is 0.317 e. The Morgan fingerprint density at radius 1 is 1.31 bits per heavy atom. The Kier molecular flexibility index (Phi) is 3.72. The van der Waals surface area contributed by atoms with E-state index in [0.29, 0.717) is 12.3 Å². The van der Waals surface area contributed by atoms with Crippen molar-refractivity contribution in [2.24, 2.45) is 11.3 Å². The zero-order chi connectivity index (χ0) is 9.90. The summed E-state index contributed by atoms with van der Waals surface area (Å²) in [5.41, 5.74) is 0.129. The Labute approximate surface area is 81.1 Å². The van der Waals surface area contributed by atoms with Gasteiger partial charge in [0.05, 0.1) is 0 Å². The summed E-state index contributed by atoms with van der Waals surface area (Å²) in [5, 5.41) is 3.27. The van der Waals surface area contributed by atoms with E-state index in [4.69, 9.17) is 0 Å². The Balaban J connectivity index is 2.33. The monoisotopic (exact) mass is 187 g/mol. The van der Waals surface area contributed by atoms with Crippen LogP contribution in [0.15, 0.2) is 0 Å². The number of piperidine rings is 1. The number of nitrogens with one attached hydrogen (secondary N) is 1. The van der Waals surface area contributed by atoms with Gasteiger partial charge in [-0.1, -0.05) is 20.8 Å². The Morgan fingerprint density at radius 2 is 1.85 bits per heavy atom. The van der Waals surface area contributed by atoms with E-state index in [0.717, 1.165) is 25.9 Å². The topological polar surface area (TPSA) is 12.0 Å². The molecular formula is C11H22FN. The van der Waals surface area contributed by atoms with Crippen LogP contribution in [0.1, 0.15) is 40.0 Å². The van der Waals surface area contributed by atoms with Crippen molar-refractivity contribution in [3.05, 3.63) is 0 Å². The molecule has 1 heterocycles. The summed E-state index contributed by atoms with van der Waals surface area (Å²) in [6.07, 6.45) is 2.13. The minimum absolute atomic E-state index is 0.129. The van der Waals surface area contributed by atoms with Crippen molar-refractivity contribution in [2.45, 2.75) is 46.2 Å². The lowest BCUT2D eigenvalue weighted by Gasteiger charge is -2.29. The van der Waals surface area contributed by atoms with Crippen LogP contribution in [0, 0.1) is 11.3 Å². The molecule has 0 aromatic rings. The average molecular weight is 187 g/mol. The number of alkyl halides is 1. The predicted molar refractivity (Wildman–Crippen MR) is 54.6 cm³/mol. The molecule has 1 atom stereocenters. The summed E-state index contributed by atoms with van der Waals surface area (Å²) in [6, 6.07) is 0. The van der Waals surface area contributed by atoms with Gasteiger partial charge in [0.2, 0.25) is 0 Å². The lowest BCUT2D eigenvalue weighted by atomic mass is 9.82. The summed E-state index contributed by atoms with van der Waals surface area (Å²) >= 11 is 0. The summed E-state index contributed by atoms with van der Waals surface area (Å²) in [4.78, 5) is 0. The van der Waals surface area contributed by atoms with Gasteiger partial charge in [0, 0.05) is 0 Å². The van der Waals surface area contributed by atoms with Gasteiger partial charge in [-0.15, -0.1) is 0 Å². The van der Waals surface area contributed by atoms with Crippen molar-refractivity contribution in [1.82, 2.24) is 5.32 Å². The molecule has 1 unspecified atom stereocenters. The second kappa shape index (κ2) is 4.41. The van der Waals surface area contributed by atoms with Gasteiger partial charge in [-0.3, -0.25) is 0 Å². The molecule has 1 rings (SSSR count). The van der Waals surface area contributed by atoms with Crippen LogP contribution in [0.25, 0.3) is 0 Å². The van der Waals surface area contributed by atoms with E-state index >= 15 is 0 Å². The van der Waals surface area contributed by atoms with E-state index in [1.165, 1.54) is 0 Å². The van der Waals surface area contributed by atoms with E-state index in [9.17, 15) is 4.39 Å². The second-order valence-electron chi connectivity index (χ2n) is 5.37. The Bertz CT molecular complexity index is 145. The van der Waals surface area contributed by atoms with Gasteiger partial charge < -0.3 is 5.32 Å². The van der Waals surface area contributed by atoms with Crippen molar-refractivity contribution in [3.63, 3.8) is 0 Å². The van der Waals surface area contributed by atoms with E-state index in [1.54, 1.807) is 0 Å². The van der Waals surface area contributed by atoms with Crippen molar-refractivity contribution in [3.8, 4) is 0 Å². The first-order chi connectivity index (χ1) is 5.99. The zero-order valence-electron chi connectivity index (χ0n) is 9.07. The molecule has 0 aromatic carbocycles. The number of halogens is 1. The summed E-state index contributed by atoms with van der Waals surface area (Å²) < 4.78 is 13.8. The molecule has 1 N–H and O–H groups in total. The maximum atomic E-state index is 13.8. The lowest BCUT2D eigenvalue weighted by Crippen LogP contribution is -2.33. The van der Waals surface area contributed by atoms with Crippen molar-refractivity contribution in [2.75, 3.05) is 13.1 Å². The van der Waals surface area contributed by atoms with Crippen LogP contribution in [-0.2, 0) is 0 Å². The zero-order valence-corrected chi connectivity index (χ0v) is 9.07. The summed E-state index contributed by atoms with van der Waals surface area (Å²) in [6.45, 7) is 8.33. The van der Waals surface area contributed by atoms with Gasteiger partial charge in [-0.05, 0) is 43.7 Å². The maximum Gasteiger partial charge on any atom is 0.104 e. The number of rotatable bonds is 2. The van der Waals surface area contributed by atoms with Gasteiger partial charge in [-0.2, -0.15) is 0 Å². The summed E-state index contributed by atoms with van der Waals surface area (Å²) in [5.74, 6) is 0.306. The molecule has 0 spiro atoms. The van der Waals surface area contributed by atoms with Gasteiger partial charge >= 0.3 is 0 Å². The SMILES string of the molecule is CC(C)(C)CC(F)C1CCNCC1. The molecule has 1 saturated heterocycles. The molecule has 0 aromatic heterocycles. The highest BCUT2D eigenvalue weighted by Crippen LogP contribution is 2.29. The van der Waals surface area contributed by atoms with Crippen molar-refractivity contribution in [1.29, 1.82) is 0 Å². The van der Waals surface area contributed by atoms with Crippen LogP contribution in [0.3, 0.4) is 0 Å². The third kappa shape index (κ3) is 4.08. The third-order valence-electron chi connectivity index (χ3n) is 2.70. The standard InChI is InChI=1S/C11H22FN/c1-11(2,3)8-10(12)9-4-6-13-7-5-9/h9-10,13H,4-8H2,1-3H3. The molecule has 0 amide bonds. The molecular weight excluding hydrogens is 165 g/mol. The minimum Gasteiger partial charge on any atom is -0.317 e. The minimum atomic E-state index is -0.595. The molecule has 2 heteroatoms. The molecule has 78 valence electrons. The quantitative estimate of drug-likeness (QED) is 0.701. The highest BCUT2D eigenvalue weighted by molar-refractivity contribution is 4.79. The Morgan fingerprint density at radius 3 is 2.31 bits per heavy atom. The number of hydrogen-bond donors (Lipinski definition) is 1. The fourth-order valence-corrected chi connectivity index (χ4v) is 1.96. The lowest BCUT2D eigenvalue weighted by molar-refractivity contribution is 0.134. The molecule has 0 saturated carbocycles. The van der Waals surface area contributed by atoms with Crippen molar-refractivity contribution < 1.29 is 4.39 Å². The van der Waals surface area contributed by atoms with Gasteiger partial charge in [0.1, 0.15) is 6.17 Å². The first-order valence-electron chi connectivity index (χ1n) is 5.34. The van der Waals surface area contributed by atoms with Crippen LogP contribution in [0.4, 0.5) is 4.39 Å². The predicted octanol–water partition coefficient (Wildman–Crippen LogP) is 2.76. The highest BCUT2D eigenvalue weighted by Gasteiger charge is 2.27. The van der Waals surface area contributed by atoms with Crippen LogP contribution >= 0.6 is 0 Å². The van der Waals surface area contributed by atoms with E-state index in [1.807, 2.05) is 0 Å². The molecule has 1 aliphatic heterocycles. The average Bonchev–Trinajstić information content (AvgIpc) is 2.03. The first-order valence-corrected chi connectivity index (χ1v) is 5.34.